The van der Waals surface area contributed by atoms with Gasteiger partial charge < -0.3 is 5.11 Å². The van der Waals surface area contributed by atoms with Gasteiger partial charge in [-0.1, -0.05) is 26.0 Å². The van der Waals surface area contributed by atoms with Crippen molar-refractivity contribution in [2.75, 3.05) is 13.1 Å². The molecule has 3 atom stereocenters. The molecular weight excluding hydrogens is 288 g/mol. The Kier molecular flexibility index (Phi) is 4.96. The van der Waals surface area contributed by atoms with E-state index in [4.69, 9.17) is 0 Å². The van der Waals surface area contributed by atoms with Crippen LogP contribution in [0.1, 0.15) is 38.3 Å². The van der Waals surface area contributed by atoms with E-state index in [1.54, 1.807) is 18.7 Å². The number of nitrogens with zero attached hydrogens (tertiary/aromatic N) is 4. The molecule has 0 bridgehead atoms. The summed E-state index contributed by atoms with van der Waals surface area (Å²) in [5.74, 6) is 1.64. The van der Waals surface area contributed by atoms with E-state index in [9.17, 15) is 5.11 Å². The highest BCUT2D eigenvalue weighted by atomic mass is 16.3. The predicted octanol–water partition coefficient (Wildman–Crippen LogP) is 3.09. The van der Waals surface area contributed by atoms with Crippen molar-refractivity contribution in [3.63, 3.8) is 0 Å². The molecule has 1 unspecified atom stereocenters. The Hall–Kier alpha value is -1.88. The van der Waals surface area contributed by atoms with Gasteiger partial charge in [0.25, 0.3) is 0 Å². The second kappa shape index (κ2) is 7.13. The molecule has 0 radical (unpaired) electrons. The number of aromatic nitrogens is 3. The number of hydrogen-bond acceptors (Lipinski definition) is 4. The summed E-state index contributed by atoms with van der Waals surface area (Å²) >= 11 is 0. The van der Waals surface area contributed by atoms with Crippen molar-refractivity contribution in [1.29, 1.82) is 0 Å². The lowest BCUT2D eigenvalue weighted by Gasteiger charge is -2.43. The van der Waals surface area contributed by atoms with Gasteiger partial charge in [-0.15, -0.1) is 0 Å². The Morgan fingerprint density at radius 3 is 2.87 bits per heavy atom. The number of phenols is 1. The maximum atomic E-state index is 9.85. The van der Waals surface area contributed by atoms with Gasteiger partial charge in [-0.05, 0) is 48.9 Å². The van der Waals surface area contributed by atoms with Crippen LogP contribution in [0.25, 0.3) is 0 Å². The van der Waals surface area contributed by atoms with Crippen molar-refractivity contribution in [3.05, 3.63) is 42.5 Å². The molecule has 23 heavy (non-hydrogen) atoms. The maximum Gasteiger partial charge on any atom is 0.137 e. The van der Waals surface area contributed by atoms with Crippen molar-refractivity contribution in [2.24, 2.45) is 11.8 Å². The van der Waals surface area contributed by atoms with Crippen LogP contribution in [0.5, 0.6) is 5.75 Å². The van der Waals surface area contributed by atoms with Gasteiger partial charge >= 0.3 is 0 Å². The molecule has 1 aromatic heterocycles. The third-order valence-corrected chi connectivity index (χ3v) is 5.17. The molecule has 0 saturated carbocycles. The highest BCUT2D eigenvalue weighted by Gasteiger charge is 2.33. The lowest BCUT2D eigenvalue weighted by atomic mass is 9.79. The second-order valence-corrected chi connectivity index (χ2v) is 6.71. The number of hydrogen-bond donors (Lipinski definition) is 1. The van der Waals surface area contributed by atoms with E-state index in [1.165, 1.54) is 12.0 Å². The third-order valence-electron chi connectivity index (χ3n) is 5.17. The Morgan fingerprint density at radius 1 is 1.26 bits per heavy atom. The fourth-order valence-corrected chi connectivity index (χ4v) is 3.67. The third kappa shape index (κ3) is 3.72. The van der Waals surface area contributed by atoms with Crippen molar-refractivity contribution >= 4 is 0 Å². The number of phenolic OH excluding ortho intramolecular Hbond substituents is 1. The lowest BCUT2D eigenvalue weighted by Crippen LogP contribution is -2.42. The molecule has 1 saturated heterocycles. The molecule has 2 aromatic rings. The molecule has 1 aliphatic rings. The molecule has 1 fully saturated rings. The monoisotopic (exact) mass is 314 g/mol. The minimum Gasteiger partial charge on any atom is -0.508 e. The van der Waals surface area contributed by atoms with E-state index in [0.29, 0.717) is 23.6 Å². The van der Waals surface area contributed by atoms with Gasteiger partial charge in [0, 0.05) is 19.1 Å². The minimum absolute atomic E-state index is 0.357. The summed E-state index contributed by atoms with van der Waals surface area (Å²) in [7, 11) is 0. The first kappa shape index (κ1) is 16.0. The molecule has 3 rings (SSSR count). The molecule has 1 N–H and O–H groups in total. The summed E-state index contributed by atoms with van der Waals surface area (Å²) in [6, 6.07) is 8.13. The smallest absolute Gasteiger partial charge is 0.137 e. The first-order valence-corrected chi connectivity index (χ1v) is 8.50. The quantitative estimate of drug-likeness (QED) is 0.921. The Labute approximate surface area is 138 Å². The van der Waals surface area contributed by atoms with E-state index in [0.717, 1.165) is 26.1 Å². The van der Waals surface area contributed by atoms with Crippen LogP contribution >= 0.6 is 0 Å². The zero-order chi connectivity index (χ0) is 16.2. The van der Waals surface area contributed by atoms with Crippen LogP contribution < -0.4 is 0 Å². The van der Waals surface area contributed by atoms with Crippen LogP contribution in [0.15, 0.2) is 36.9 Å². The van der Waals surface area contributed by atoms with Gasteiger partial charge in [0.2, 0.25) is 0 Å². The van der Waals surface area contributed by atoms with Gasteiger partial charge in [-0.25, -0.2) is 4.98 Å². The molecule has 0 aliphatic carbocycles. The highest BCUT2D eigenvalue weighted by molar-refractivity contribution is 5.30. The number of piperidine rings is 1. The fourth-order valence-electron chi connectivity index (χ4n) is 3.67. The topological polar surface area (TPSA) is 54.2 Å². The summed E-state index contributed by atoms with van der Waals surface area (Å²) in [6.45, 7) is 7.73. The summed E-state index contributed by atoms with van der Waals surface area (Å²) in [5, 5.41) is 14.0. The van der Waals surface area contributed by atoms with E-state index in [-0.39, 0.29) is 0 Å². The van der Waals surface area contributed by atoms with E-state index in [1.807, 2.05) is 16.8 Å². The predicted molar refractivity (Wildman–Crippen MR) is 90.0 cm³/mol. The molecule has 0 amide bonds. The average molecular weight is 314 g/mol. The van der Waals surface area contributed by atoms with Crippen LogP contribution in [0.3, 0.4) is 0 Å². The Bertz CT molecular complexity index is 613. The lowest BCUT2D eigenvalue weighted by molar-refractivity contribution is 0.0610. The average Bonchev–Trinajstić information content (AvgIpc) is 3.04. The molecular formula is C18H26N4O. The molecule has 124 valence electrons. The van der Waals surface area contributed by atoms with Crippen LogP contribution in [0.2, 0.25) is 0 Å². The molecule has 1 aromatic carbocycles. The number of likely N-dealkylation sites (tertiary alicyclic amines) is 1. The van der Waals surface area contributed by atoms with Crippen LogP contribution in [0.4, 0.5) is 0 Å². The van der Waals surface area contributed by atoms with Gasteiger partial charge in [0.1, 0.15) is 18.4 Å². The van der Waals surface area contributed by atoms with Crippen LogP contribution in [-0.4, -0.2) is 37.9 Å². The highest BCUT2D eigenvalue weighted by Crippen LogP contribution is 2.39. The first-order valence-electron chi connectivity index (χ1n) is 8.50. The van der Waals surface area contributed by atoms with E-state index >= 15 is 0 Å². The van der Waals surface area contributed by atoms with Gasteiger partial charge in [0.05, 0.1) is 0 Å². The Balaban J connectivity index is 1.71. The summed E-state index contributed by atoms with van der Waals surface area (Å²) in [5.41, 5.74) is 1.23. The van der Waals surface area contributed by atoms with Crippen molar-refractivity contribution in [1.82, 2.24) is 19.7 Å². The van der Waals surface area contributed by atoms with E-state index in [2.05, 4.69) is 34.9 Å². The van der Waals surface area contributed by atoms with Crippen LogP contribution in [0, 0.1) is 11.8 Å². The minimum atomic E-state index is 0.357. The standard InChI is InChI=1S/C18H26N4O/c1-14-7-10-21(8-4-9-22-13-19-12-20-22)18(15(14)2)16-5-3-6-17(23)11-16/h3,5-6,11-15,18,23H,4,7-10H2,1-2H3/t14-,15+,18?/m0/s1. The zero-order valence-electron chi connectivity index (χ0n) is 14.0. The zero-order valence-corrected chi connectivity index (χ0v) is 14.0. The number of rotatable bonds is 5. The summed E-state index contributed by atoms with van der Waals surface area (Å²) in [4.78, 5) is 6.56. The fraction of sp³-hybridized carbons (Fsp3) is 0.556. The largest absolute Gasteiger partial charge is 0.508 e. The van der Waals surface area contributed by atoms with Gasteiger partial charge in [0.15, 0.2) is 0 Å². The van der Waals surface area contributed by atoms with Crippen molar-refractivity contribution in [3.8, 4) is 5.75 Å². The molecule has 5 heteroatoms. The van der Waals surface area contributed by atoms with Crippen molar-refractivity contribution < 1.29 is 5.11 Å². The normalized spacial score (nSPS) is 25.6. The molecule has 2 heterocycles. The first-order chi connectivity index (χ1) is 11.1. The van der Waals surface area contributed by atoms with Gasteiger partial charge in [-0.2, -0.15) is 5.10 Å². The second-order valence-electron chi connectivity index (χ2n) is 6.71. The van der Waals surface area contributed by atoms with Gasteiger partial charge in [-0.3, -0.25) is 9.58 Å². The maximum absolute atomic E-state index is 9.85. The number of aromatic hydroxyl groups is 1. The summed E-state index contributed by atoms with van der Waals surface area (Å²) in [6.07, 6.45) is 5.65. The molecule has 1 aliphatic heterocycles. The summed E-state index contributed by atoms with van der Waals surface area (Å²) < 4.78 is 1.89. The number of aryl methyl sites for hydroxylation is 1. The van der Waals surface area contributed by atoms with Crippen molar-refractivity contribution in [2.45, 2.75) is 39.3 Å². The number of benzene rings is 1. The molecule has 0 spiro atoms. The SMILES string of the molecule is C[C@H]1CCN(CCCn2cncn2)C(c2cccc(O)c2)[C@@H]1C. The van der Waals surface area contributed by atoms with Crippen LogP contribution in [-0.2, 0) is 6.54 Å². The van der Waals surface area contributed by atoms with E-state index < -0.39 is 0 Å². The Morgan fingerprint density at radius 2 is 2.13 bits per heavy atom. The molecule has 5 nitrogen and oxygen atoms in total.